The molecule has 0 bridgehead atoms. The summed E-state index contributed by atoms with van der Waals surface area (Å²) in [7, 11) is 1.69. The van der Waals surface area contributed by atoms with Gasteiger partial charge in [-0.2, -0.15) is 0 Å². The Morgan fingerprint density at radius 3 is 2.61 bits per heavy atom. The van der Waals surface area contributed by atoms with Gasteiger partial charge in [0.05, 0.1) is 18.2 Å². The molecule has 1 unspecified atom stereocenters. The van der Waals surface area contributed by atoms with Gasteiger partial charge in [0.15, 0.2) is 12.3 Å². The van der Waals surface area contributed by atoms with Gasteiger partial charge in [-0.3, -0.25) is 0 Å². The van der Waals surface area contributed by atoms with Gasteiger partial charge in [0.2, 0.25) is 0 Å². The predicted octanol–water partition coefficient (Wildman–Crippen LogP) is 7.59. The summed E-state index contributed by atoms with van der Waals surface area (Å²) in [6.45, 7) is 6.53. The van der Waals surface area contributed by atoms with Crippen molar-refractivity contribution in [3.63, 3.8) is 0 Å². The Balaban J connectivity index is 1.66. The summed E-state index contributed by atoms with van der Waals surface area (Å²) in [6.07, 6.45) is 2.80. The van der Waals surface area contributed by atoms with Crippen molar-refractivity contribution in [1.82, 2.24) is 0 Å². The van der Waals surface area contributed by atoms with Crippen LogP contribution in [0.15, 0.2) is 60.7 Å². The number of anilines is 2. The number of rotatable bonds is 5. The normalized spacial score (nSPS) is 17.5. The van der Waals surface area contributed by atoms with Crippen molar-refractivity contribution in [3.05, 3.63) is 77.4 Å². The molecule has 4 nitrogen and oxygen atoms in total. The fourth-order valence-corrected chi connectivity index (χ4v) is 5.29. The third kappa shape index (κ3) is 3.93. The second-order valence-electron chi connectivity index (χ2n) is 9.14. The molecule has 33 heavy (non-hydrogen) atoms. The van der Waals surface area contributed by atoms with E-state index in [1.165, 1.54) is 16.7 Å². The van der Waals surface area contributed by atoms with Crippen LogP contribution in [-0.2, 0) is 6.42 Å². The summed E-state index contributed by atoms with van der Waals surface area (Å²) >= 11 is 0.0984. The van der Waals surface area contributed by atoms with Crippen LogP contribution in [0, 0.1) is 0 Å². The van der Waals surface area contributed by atoms with E-state index in [0.717, 1.165) is 39.6 Å². The summed E-state index contributed by atoms with van der Waals surface area (Å²) in [5, 5.41) is 3.67. The molecule has 0 spiro atoms. The largest absolute Gasteiger partial charge is 0.496 e. The highest BCUT2D eigenvalue weighted by atomic mass is 32.2. The van der Waals surface area contributed by atoms with Crippen molar-refractivity contribution in [2.24, 2.45) is 0 Å². The molecule has 2 heterocycles. The number of allylic oxidation sites excluding steroid dienone is 1. The fourth-order valence-electron chi connectivity index (χ4n) is 5.07. The van der Waals surface area contributed by atoms with Crippen molar-refractivity contribution in [1.29, 1.82) is 0 Å². The molecule has 0 saturated carbocycles. The van der Waals surface area contributed by atoms with Gasteiger partial charge in [0.1, 0.15) is 17.6 Å². The molecule has 1 atom stereocenters. The third-order valence-corrected chi connectivity index (χ3v) is 6.59. The number of hydrogen-bond donors (Lipinski definition) is 2. The van der Waals surface area contributed by atoms with Gasteiger partial charge >= 0.3 is 0 Å². The maximum atomic E-state index is 12.5. The Hall–Kier alpha value is -3.12. The van der Waals surface area contributed by atoms with E-state index in [0.29, 0.717) is 6.42 Å². The summed E-state index contributed by atoms with van der Waals surface area (Å²) in [5.74, 6) is 1.63. The van der Waals surface area contributed by atoms with Crippen LogP contribution in [0.25, 0.3) is 16.7 Å². The van der Waals surface area contributed by atoms with Crippen LogP contribution in [0.2, 0.25) is 0 Å². The maximum Gasteiger partial charge on any atom is 0.162 e. The highest BCUT2D eigenvalue weighted by Gasteiger charge is 2.34. The first-order chi connectivity index (χ1) is 15.9. The number of nitrogens with one attached hydrogen (secondary N) is 2. The van der Waals surface area contributed by atoms with Gasteiger partial charge in [-0.05, 0) is 67.8 Å². The third-order valence-electron chi connectivity index (χ3n) is 6.27. The first-order valence-electron chi connectivity index (χ1n) is 11.0. The number of methoxy groups -OCH3 is 1. The molecule has 0 amide bonds. The molecular weight excluding hydrogens is 435 g/mol. The summed E-state index contributed by atoms with van der Waals surface area (Å²) < 4.78 is 27.5. The van der Waals surface area contributed by atoms with E-state index in [9.17, 15) is 3.89 Å². The molecule has 6 heteroatoms. The Bertz CT molecular complexity index is 1240. The number of halogens is 1. The molecule has 0 aromatic heterocycles. The lowest BCUT2D eigenvalue weighted by atomic mass is 9.80. The van der Waals surface area contributed by atoms with E-state index < -0.39 is 0 Å². The van der Waals surface area contributed by atoms with Crippen molar-refractivity contribution in [3.8, 4) is 22.6 Å². The van der Waals surface area contributed by atoms with Gasteiger partial charge in [0, 0.05) is 28.9 Å². The molecule has 2 aliphatic heterocycles. The van der Waals surface area contributed by atoms with E-state index in [2.05, 4.69) is 49.0 Å². The molecule has 0 aliphatic carbocycles. The maximum absolute atomic E-state index is 12.5. The lowest BCUT2D eigenvalue weighted by molar-refractivity contribution is 0.201. The SMILES string of the molecule is COc1cccc2c1-c1ccc3c(c1C(Cc1ccc(NSF)cc1)O2)C(C)=CC(C)(C)N3. The lowest BCUT2D eigenvalue weighted by Crippen LogP contribution is -2.32. The van der Waals surface area contributed by atoms with Gasteiger partial charge in [-0.15, -0.1) is 3.89 Å². The van der Waals surface area contributed by atoms with Crippen LogP contribution in [0.3, 0.4) is 0 Å². The minimum absolute atomic E-state index is 0.0984. The number of fused-ring (bicyclic) bond motifs is 5. The number of hydrogen-bond acceptors (Lipinski definition) is 5. The zero-order valence-electron chi connectivity index (χ0n) is 19.2. The molecule has 2 aliphatic rings. The standard InChI is InChI=1S/C27H27FN2O2S/c1-16-15-27(2,3)29-20-13-12-19-25-21(31-4)6-5-7-22(25)32-23(26(19)24(16)20)14-17-8-10-18(11-9-17)30-33-28/h5-13,15,23,29-30H,14H2,1-4H3. The van der Waals surface area contributed by atoms with Crippen LogP contribution in [0.4, 0.5) is 15.3 Å². The highest BCUT2D eigenvalue weighted by Crippen LogP contribution is 2.52. The molecule has 2 N–H and O–H groups in total. The first-order valence-corrected chi connectivity index (χ1v) is 11.7. The molecular formula is C27H27FN2O2S. The highest BCUT2D eigenvalue weighted by molar-refractivity contribution is 7.95. The zero-order chi connectivity index (χ0) is 23.2. The number of ether oxygens (including phenoxy) is 2. The average molecular weight is 463 g/mol. The second kappa shape index (κ2) is 8.34. The van der Waals surface area contributed by atoms with Crippen LogP contribution < -0.4 is 19.5 Å². The molecule has 170 valence electrons. The zero-order valence-corrected chi connectivity index (χ0v) is 20.0. The van der Waals surface area contributed by atoms with E-state index >= 15 is 0 Å². The monoisotopic (exact) mass is 462 g/mol. The molecule has 0 radical (unpaired) electrons. The van der Waals surface area contributed by atoms with Gasteiger partial charge in [0.25, 0.3) is 0 Å². The molecule has 0 fully saturated rings. The smallest absolute Gasteiger partial charge is 0.162 e. The van der Waals surface area contributed by atoms with Gasteiger partial charge < -0.3 is 19.5 Å². The van der Waals surface area contributed by atoms with Crippen molar-refractivity contribution in [2.45, 2.75) is 38.8 Å². The first kappa shape index (κ1) is 21.7. The van der Waals surface area contributed by atoms with Crippen LogP contribution in [0.5, 0.6) is 11.5 Å². The van der Waals surface area contributed by atoms with Crippen LogP contribution >= 0.6 is 12.3 Å². The minimum Gasteiger partial charge on any atom is -0.496 e. The molecule has 5 rings (SSSR count). The van der Waals surface area contributed by atoms with Crippen LogP contribution in [-0.4, -0.2) is 12.6 Å². The summed E-state index contributed by atoms with van der Waals surface area (Å²) in [5.41, 5.74) is 8.57. The van der Waals surface area contributed by atoms with Gasteiger partial charge in [-0.1, -0.05) is 30.3 Å². The predicted molar refractivity (Wildman–Crippen MR) is 136 cm³/mol. The average Bonchev–Trinajstić information content (AvgIpc) is 2.78. The minimum atomic E-state index is -0.171. The van der Waals surface area contributed by atoms with E-state index in [1.807, 2.05) is 42.5 Å². The Kier molecular flexibility index (Phi) is 5.49. The van der Waals surface area contributed by atoms with Gasteiger partial charge in [-0.25, -0.2) is 0 Å². The van der Waals surface area contributed by atoms with Crippen molar-refractivity contribution >= 4 is 29.3 Å². The fraction of sp³-hybridized carbons (Fsp3) is 0.259. The van der Waals surface area contributed by atoms with E-state index in [4.69, 9.17) is 9.47 Å². The van der Waals surface area contributed by atoms with E-state index in [-0.39, 0.29) is 24.0 Å². The Morgan fingerprint density at radius 1 is 1.09 bits per heavy atom. The topological polar surface area (TPSA) is 42.5 Å². The Labute approximate surface area is 198 Å². The molecule has 3 aromatic rings. The van der Waals surface area contributed by atoms with Crippen molar-refractivity contribution in [2.75, 3.05) is 17.1 Å². The second-order valence-corrected chi connectivity index (χ2v) is 9.50. The van der Waals surface area contributed by atoms with E-state index in [1.54, 1.807) is 7.11 Å². The number of benzene rings is 3. The molecule has 0 saturated heterocycles. The molecule has 3 aromatic carbocycles. The van der Waals surface area contributed by atoms with Crippen molar-refractivity contribution < 1.29 is 13.4 Å². The lowest BCUT2D eigenvalue weighted by Gasteiger charge is -2.37. The Morgan fingerprint density at radius 2 is 1.88 bits per heavy atom. The summed E-state index contributed by atoms with van der Waals surface area (Å²) in [4.78, 5) is 0. The quantitative estimate of drug-likeness (QED) is 0.382. The van der Waals surface area contributed by atoms with Crippen LogP contribution in [0.1, 0.15) is 43.6 Å². The summed E-state index contributed by atoms with van der Waals surface area (Å²) in [6, 6.07) is 18.1.